The number of thiocarbonyl (C=S) groups is 1. The predicted molar refractivity (Wildman–Crippen MR) is 145 cm³/mol. The molecular formula is C26H37N7S. The first-order valence-electron chi connectivity index (χ1n) is 13.0. The summed E-state index contributed by atoms with van der Waals surface area (Å²) >= 11 is 5.65. The monoisotopic (exact) mass is 479 g/mol. The van der Waals surface area contributed by atoms with Crippen LogP contribution < -0.4 is 25.3 Å². The maximum Gasteiger partial charge on any atom is 0.232 e. The van der Waals surface area contributed by atoms with Crippen LogP contribution in [0.25, 0.3) is 0 Å². The molecule has 182 valence electrons. The first kappa shape index (κ1) is 23.1. The second-order valence-corrected chi connectivity index (χ2v) is 10.1. The van der Waals surface area contributed by atoms with Crippen molar-refractivity contribution in [1.82, 2.24) is 15.3 Å². The Morgan fingerprint density at radius 2 is 1.32 bits per heavy atom. The lowest BCUT2D eigenvalue weighted by molar-refractivity contribution is 0.414. The molecule has 0 amide bonds. The number of hydrogen-bond acceptors (Lipinski definition) is 6. The lowest BCUT2D eigenvalue weighted by atomic mass is 9.96. The molecule has 1 saturated carbocycles. The van der Waals surface area contributed by atoms with Crippen molar-refractivity contribution in [3.05, 3.63) is 36.4 Å². The Hall–Kier alpha value is -2.61. The SMILES string of the molecule is S=C(Nc1nc(N2CCCCC2)cc(N2CCN(c3ccccc3)CC2)n1)NC1CCCCC1. The summed E-state index contributed by atoms with van der Waals surface area (Å²) in [5.41, 5.74) is 1.29. The molecule has 0 atom stereocenters. The molecule has 5 rings (SSSR count). The first-order chi connectivity index (χ1) is 16.7. The lowest BCUT2D eigenvalue weighted by Gasteiger charge is -2.37. The van der Waals surface area contributed by atoms with E-state index in [1.165, 1.54) is 57.1 Å². The third-order valence-corrected chi connectivity index (χ3v) is 7.49. The number of para-hydroxylation sites is 1. The molecule has 8 heteroatoms. The summed E-state index contributed by atoms with van der Waals surface area (Å²) in [5.74, 6) is 2.61. The maximum atomic E-state index is 5.65. The van der Waals surface area contributed by atoms with Gasteiger partial charge >= 0.3 is 0 Å². The maximum absolute atomic E-state index is 5.65. The number of aromatic nitrogens is 2. The van der Waals surface area contributed by atoms with E-state index in [1.54, 1.807) is 0 Å². The Kier molecular flexibility index (Phi) is 7.63. The van der Waals surface area contributed by atoms with Gasteiger partial charge < -0.3 is 25.3 Å². The second-order valence-electron chi connectivity index (χ2n) is 9.70. The highest BCUT2D eigenvalue weighted by molar-refractivity contribution is 7.80. The number of nitrogens with zero attached hydrogens (tertiary/aromatic N) is 5. The Balaban J connectivity index is 1.30. The molecule has 3 aliphatic rings. The zero-order valence-corrected chi connectivity index (χ0v) is 20.9. The fourth-order valence-corrected chi connectivity index (χ4v) is 5.59. The van der Waals surface area contributed by atoms with Crippen LogP contribution in [0.5, 0.6) is 0 Å². The Bertz CT molecular complexity index is 933. The van der Waals surface area contributed by atoms with Crippen LogP contribution in [0.1, 0.15) is 51.4 Å². The molecule has 7 nitrogen and oxygen atoms in total. The van der Waals surface area contributed by atoms with Crippen molar-refractivity contribution in [3.63, 3.8) is 0 Å². The van der Waals surface area contributed by atoms with E-state index in [4.69, 9.17) is 22.2 Å². The van der Waals surface area contributed by atoms with Gasteiger partial charge in [0, 0.05) is 57.1 Å². The summed E-state index contributed by atoms with van der Waals surface area (Å²) in [5, 5.41) is 7.45. The summed E-state index contributed by atoms with van der Waals surface area (Å²) in [6.45, 7) is 5.96. The summed E-state index contributed by atoms with van der Waals surface area (Å²) in [7, 11) is 0. The predicted octanol–water partition coefficient (Wildman–Crippen LogP) is 4.41. The molecular weight excluding hydrogens is 442 g/mol. The average molecular weight is 480 g/mol. The first-order valence-corrected chi connectivity index (χ1v) is 13.4. The van der Waals surface area contributed by atoms with E-state index >= 15 is 0 Å². The quantitative estimate of drug-likeness (QED) is 0.612. The summed E-state index contributed by atoms with van der Waals surface area (Å²) in [4.78, 5) is 17.0. The minimum absolute atomic E-state index is 0.463. The van der Waals surface area contributed by atoms with E-state index in [-0.39, 0.29) is 0 Å². The van der Waals surface area contributed by atoms with Gasteiger partial charge in [-0.1, -0.05) is 37.5 Å². The van der Waals surface area contributed by atoms with Gasteiger partial charge in [0.05, 0.1) is 0 Å². The molecule has 1 aromatic heterocycles. The topological polar surface area (TPSA) is 59.6 Å². The largest absolute Gasteiger partial charge is 0.368 e. The smallest absolute Gasteiger partial charge is 0.232 e. The van der Waals surface area contributed by atoms with Crippen LogP contribution in [0.2, 0.25) is 0 Å². The van der Waals surface area contributed by atoms with Crippen molar-refractivity contribution >= 4 is 40.6 Å². The van der Waals surface area contributed by atoms with Crippen molar-refractivity contribution < 1.29 is 0 Å². The van der Waals surface area contributed by atoms with Crippen molar-refractivity contribution in [2.24, 2.45) is 0 Å². The number of nitrogens with one attached hydrogen (secondary N) is 2. The fourth-order valence-electron chi connectivity index (χ4n) is 5.33. The molecule has 2 aliphatic heterocycles. The molecule has 2 aromatic rings. The summed E-state index contributed by atoms with van der Waals surface area (Å²) in [6.07, 6.45) is 10.0. The molecule has 3 fully saturated rings. The van der Waals surface area contributed by atoms with Crippen molar-refractivity contribution in [2.75, 3.05) is 59.3 Å². The molecule has 34 heavy (non-hydrogen) atoms. The van der Waals surface area contributed by atoms with Gasteiger partial charge in [0.2, 0.25) is 5.95 Å². The van der Waals surface area contributed by atoms with Crippen LogP contribution in [-0.2, 0) is 0 Å². The second kappa shape index (κ2) is 11.2. The van der Waals surface area contributed by atoms with Gasteiger partial charge in [-0.05, 0) is 56.5 Å². The Morgan fingerprint density at radius 3 is 2.00 bits per heavy atom. The van der Waals surface area contributed by atoms with Crippen LogP contribution in [-0.4, -0.2) is 60.4 Å². The van der Waals surface area contributed by atoms with Gasteiger partial charge in [-0.2, -0.15) is 9.97 Å². The van der Waals surface area contributed by atoms with E-state index in [9.17, 15) is 0 Å². The van der Waals surface area contributed by atoms with Crippen LogP contribution >= 0.6 is 12.2 Å². The van der Waals surface area contributed by atoms with E-state index in [1.807, 2.05) is 0 Å². The molecule has 3 heterocycles. The van der Waals surface area contributed by atoms with Crippen LogP contribution in [0.3, 0.4) is 0 Å². The molecule has 2 N–H and O–H groups in total. The van der Waals surface area contributed by atoms with E-state index in [2.05, 4.69) is 61.7 Å². The highest BCUT2D eigenvalue weighted by Crippen LogP contribution is 2.26. The van der Waals surface area contributed by atoms with Crippen LogP contribution in [0.4, 0.5) is 23.3 Å². The number of piperazine rings is 1. The molecule has 1 aromatic carbocycles. The van der Waals surface area contributed by atoms with Gasteiger partial charge in [0.1, 0.15) is 11.6 Å². The zero-order chi connectivity index (χ0) is 23.2. The van der Waals surface area contributed by atoms with Gasteiger partial charge in [0.25, 0.3) is 0 Å². The third-order valence-electron chi connectivity index (χ3n) is 7.27. The number of piperidine rings is 1. The normalized spacial score (nSPS) is 19.7. The van der Waals surface area contributed by atoms with Crippen LogP contribution in [0, 0.1) is 0 Å². The van der Waals surface area contributed by atoms with E-state index < -0.39 is 0 Å². The molecule has 1 aliphatic carbocycles. The van der Waals surface area contributed by atoms with Crippen molar-refractivity contribution in [1.29, 1.82) is 0 Å². The number of hydrogen-bond donors (Lipinski definition) is 2. The van der Waals surface area contributed by atoms with Crippen molar-refractivity contribution in [2.45, 2.75) is 57.4 Å². The average Bonchev–Trinajstić information content (AvgIpc) is 2.90. The summed E-state index contributed by atoms with van der Waals surface area (Å²) < 4.78 is 0. The standard InChI is InChI=1S/C26H37N7S/c34-26(27-21-10-4-1-5-11-21)30-25-28-23(32-14-8-3-9-15-32)20-24(29-25)33-18-16-31(17-19-33)22-12-6-2-7-13-22/h2,6-7,12-13,20-21H,1,3-5,8-11,14-19H2,(H2,27,28,29,30,34). The molecule has 2 saturated heterocycles. The van der Waals surface area contributed by atoms with E-state index in [0.29, 0.717) is 17.1 Å². The number of benzene rings is 1. The molecule has 0 bridgehead atoms. The highest BCUT2D eigenvalue weighted by atomic mass is 32.1. The van der Waals surface area contributed by atoms with Gasteiger partial charge in [-0.25, -0.2) is 0 Å². The summed E-state index contributed by atoms with van der Waals surface area (Å²) in [6, 6.07) is 13.3. The lowest BCUT2D eigenvalue weighted by Crippen LogP contribution is -2.47. The van der Waals surface area contributed by atoms with E-state index in [0.717, 1.165) is 50.9 Å². The van der Waals surface area contributed by atoms with Crippen LogP contribution in [0.15, 0.2) is 36.4 Å². The number of rotatable bonds is 5. The van der Waals surface area contributed by atoms with Gasteiger partial charge in [0.15, 0.2) is 5.11 Å². The molecule has 0 radical (unpaired) electrons. The fraction of sp³-hybridized carbons (Fsp3) is 0.577. The Morgan fingerprint density at radius 1 is 0.735 bits per heavy atom. The third kappa shape index (κ3) is 5.90. The molecule has 0 unspecified atom stereocenters. The van der Waals surface area contributed by atoms with Gasteiger partial charge in [-0.3, -0.25) is 0 Å². The Labute approximate surface area is 208 Å². The molecule has 0 spiro atoms. The zero-order valence-electron chi connectivity index (χ0n) is 20.1. The van der Waals surface area contributed by atoms with Gasteiger partial charge in [-0.15, -0.1) is 0 Å². The highest BCUT2D eigenvalue weighted by Gasteiger charge is 2.22. The number of anilines is 4. The minimum Gasteiger partial charge on any atom is -0.368 e. The van der Waals surface area contributed by atoms with Crippen molar-refractivity contribution in [3.8, 4) is 0 Å². The minimum atomic E-state index is 0.463.